The normalized spacial score (nSPS) is 12.4. The van der Waals surface area contributed by atoms with Gasteiger partial charge >= 0.3 is 0 Å². The van der Waals surface area contributed by atoms with Crippen LogP contribution in [0.4, 0.5) is 0 Å². The van der Waals surface area contributed by atoms with Gasteiger partial charge in [0.1, 0.15) is 5.75 Å². The van der Waals surface area contributed by atoms with Crippen molar-refractivity contribution in [1.29, 1.82) is 0 Å². The number of hydrogen-bond donors (Lipinski definition) is 1. The maximum atomic E-state index is 5.15. The van der Waals surface area contributed by atoms with Gasteiger partial charge in [-0.3, -0.25) is 0 Å². The van der Waals surface area contributed by atoms with Gasteiger partial charge in [-0.15, -0.1) is 0 Å². The van der Waals surface area contributed by atoms with E-state index in [1.54, 1.807) is 14.2 Å². The minimum Gasteiger partial charge on any atom is -0.497 e. The van der Waals surface area contributed by atoms with Gasteiger partial charge in [0.15, 0.2) is 0 Å². The van der Waals surface area contributed by atoms with E-state index >= 15 is 0 Å². The molecule has 1 aromatic carbocycles. The number of benzene rings is 1. The number of hydrogen-bond acceptors (Lipinski definition) is 3. The molecule has 90 valence electrons. The van der Waals surface area contributed by atoms with Crippen molar-refractivity contribution in [3.8, 4) is 5.75 Å². The number of nitrogens with one attached hydrogen (secondary N) is 1. The third-order valence-corrected chi connectivity index (χ3v) is 2.58. The summed E-state index contributed by atoms with van der Waals surface area (Å²) in [5, 5.41) is 3.36. The van der Waals surface area contributed by atoms with Crippen molar-refractivity contribution < 1.29 is 9.47 Å². The molecule has 0 heterocycles. The molecule has 3 nitrogen and oxygen atoms in total. The van der Waals surface area contributed by atoms with E-state index in [-0.39, 0.29) is 6.10 Å². The fourth-order valence-corrected chi connectivity index (χ4v) is 1.41. The average molecular weight is 223 g/mol. The third kappa shape index (κ3) is 4.64. The molecule has 0 aromatic heterocycles. The molecule has 0 spiro atoms. The van der Waals surface area contributed by atoms with Crippen LogP contribution in [0.1, 0.15) is 12.5 Å². The quantitative estimate of drug-likeness (QED) is 0.716. The van der Waals surface area contributed by atoms with Crippen LogP contribution in [0.25, 0.3) is 0 Å². The second kappa shape index (κ2) is 7.25. The fraction of sp³-hybridized carbons (Fsp3) is 0.538. The Kier molecular flexibility index (Phi) is 5.90. The first kappa shape index (κ1) is 13.0. The van der Waals surface area contributed by atoms with E-state index in [4.69, 9.17) is 9.47 Å². The van der Waals surface area contributed by atoms with E-state index in [0.29, 0.717) is 0 Å². The van der Waals surface area contributed by atoms with Crippen LogP contribution >= 0.6 is 0 Å². The second-order valence-electron chi connectivity index (χ2n) is 3.85. The van der Waals surface area contributed by atoms with Crippen LogP contribution in [-0.2, 0) is 11.2 Å². The Balaban J connectivity index is 2.21. The zero-order valence-corrected chi connectivity index (χ0v) is 10.3. The SMILES string of the molecule is COc1ccc(CCNCC(C)OC)cc1. The molecule has 0 radical (unpaired) electrons. The summed E-state index contributed by atoms with van der Waals surface area (Å²) in [6.07, 6.45) is 1.30. The van der Waals surface area contributed by atoms with Crippen molar-refractivity contribution in [2.24, 2.45) is 0 Å². The van der Waals surface area contributed by atoms with Crippen LogP contribution in [0, 0.1) is 0 Å². The average Bonchev–Trinajstić information content (AvgIpc) is 2.35. The summed E-state index contributed by atoms with van der Waals surface area (Å²) in [6.45, 7) is 3.92. The van der Waals surface area contributed by atoms with Gasteiger partial charge < -0.3 is 14.8 Å². The van der Waals surface area contributed by atoms with Crippen LogP contribution in [-0.4, -0.2) is 33.4 Å². The lowest BCUT2D eigenvalue weighted by Gasteiger charge is -2.10. The van der Waals surface area contributed by atoms with Crippen LogP contribution in [0.2, 0.25) is 0 Å². The lowest BCUT2D eigenvalue weighted by molar-refractivity contribution is 0.117. The number of methoxy groups -OCH3 is 2. The minimum absolute atomic E-state index is 0.274. The standard InChI is InChI=1S/C13H21NO2/c1-11(15-2)10-14-9-8-12-4-6-13(16-3)7-5-12/h4-7,11,14H,8-10H2,1-3H3. The van der Waals surface area contributed by atoms with E-state index in [1.165, 1.54) is 5.56 Å². The predicted octanol–water partition coefficient (Wildman–Crippen LogP) is 1.86. The summed E-state index contributed by atoms with van der Waals surface area (Å²) in [6, 6.07) is 8.18. The van der Waals surface area contributed by atoms with Crippen molar-refractivity contribution >= 4 is 0 Å². The van der Waals surface area contributed by atoms with Gasteiger partial charge in [-0.1, -0.05) is 12.1 Å². The van der Waals surface area contributed by atoms with E-state index in [9.17, 15) is 0 Å². The van der Waals surface area contributed by atoms with Crippen molar-refractivity contribution in [2.75, 3.05) is 27.3 Å². The van der Waals surface area contributed by atoms with Crippen LogP contribution in [0.15, 0.2) is 24.3 Å². The molecule has 0 amide bonds. The summed E-state index contributed by atoms with van der Waals surface area (Å²) < 4.78 is 10.3. The summed E-state index contributed by atoms with van der Waals surface area (Å²) in [5.41, 5.74) is 1.32. The highest BCUT2D eigenvalue weighted by atomic mass is 16.5. The Labute approximate surface area is 97.8 Å². The monoisotopic (exact) mass is 223 g/mol. The Morgan fingerprint density at radius 3 is 2.44 bits per heavy atom. The number of ether oxygens (including phenoxy) is 2. The smallest absolute Gasteiger partial charge is 0.118 e. The van der Waals surface area contributed by atoms with E-state index in [1.807, 2.05) is 12.1 Å². The topological polar surface area (TPSA) is 30.5 Å². The minimum atomic E-state index is 0.274. The molecule has 0 bridgehead atoms. The number of rotatable bonds is 7. The molecular weight excluding hydrogens is 202 g/mol. The Bertz CT molecular complexity index is 284. The highest BCUT2D eigenvalue weighted by Gasteiger charge is 1.98. The highest BCUT2D eigenvalue weighted by Crippen LogP contribution is 2.11. The molecule has 0 aliphatic rings. The first-order chi connectivity index (χ1) is 7.76. The molecule has 3 heteroatoms. The maximum Gasteiger partial charge on any atom is 0.118 e. The van der Waals surface area contributed by atoms with Crippen molar-refractivity contribution in [1.82, 2.24) is 5.32 Å². The molecule has 1 aromatic rings. The molecule has 0 saturated heterocycles. The first-order valence-corrected chi connectivity index (χ1v) is 5.62. The summed E-state index contributed by atoms with van der Waals surface area (Å²) >= 11 is 0. The zero-order valence-electron chi connectivity index (χ0n) is 10.3. The summed E-state index contributed by atoms with van der Waals surface area (Å²) in [4.78, 5) is 0. The van der Waals surface area contributed by atoms with E-state index < -0.39 is 0 Å². The molecule has 0 saturated carbocycles. The largest absolute Gasteiger partial charge is 0.497 e. The molecule has 16 heavy (non-hydrogen) atoms. The molecule has 1 unspecified atom stereocenters. The first-order valence-electron chi connectivity index (χ1n) is 5.62. The molecular formula is C13H21NO2. The Hall–Kier alpha value is -1.06. The van der Waals surface area contributed by atoms with Crippen LogP contribution in [0.3, 0.4) is 0 Å². The summed E-state index contributed by atoms with van der Waals surface area (Å²) in [7, 11) is 3.42. The second-order valence-corrected chi connectivity index (χ2v) is 3.85. The lowest BCUT2D eigenvalue weighted by Crippen LogP contribution is -2.27. The van der Waals surface area contributed by atoms with Gasteiger partial charge in [0.25, 0.3) is 0 Å². The van der Waals surface area contributed by atoms with E-state index in [2.05, 4.69) is 24.4 Å². The maximum absolute atomic E-state index is 5.15. The highest BCUT2D eigenvalue weighted by molar-refractivity contribution is 5.27. The Morgan fingerprint density at radius 2 is 1.88 bits per heavy atom. The zero-order chi connectivity index (χ0) is 11.8. The Morgan fingerprint density at radius 1 is 1.19 bits per heavy atom. The molecule has 0 fully saturated rings. The van der Waals surface area contributed by atoms with Gasteiger partial charge in [0.05, 0.1) is 13.2 Å². The van der Waals surface area contributed by atoms with E-state index in [0.717, 1.165) is 25.3 Å². The lowest BCUT2D eigenvalue weighted by atomic mass is 10.1. The molecule has 0 aliphatic heterocycles. The fourth-order valence-electron chi connectivity index (χ4n) is 1.41. The van der Waals surface area contributed by atoms with Gasteiger partial charge in [-0.2, -0.15) is 0 Å². The van der Waals surface area contributed by atoms with Crippen LogP contribution < -0.4 is 10.1 Å². The van der Waals surface area contributed by atoms with Crippen molar-refractivity contribution in [3.05, 3.63) is 29.8 Å². The molecule has 1 atom stereocenters. The van der Waals surface area contributed by atoms with Gasteiger partial charge in [0.2, 0.25) is 0 Å². The third-order valence-electron chi connectivity index (χ3n) is 2.58. The predicted molar refractivity (Wildman–Crippen MR) is 66.0 cm³/mol. The van der Waals surface area contributed by atoms with Gasteiger partial charge in [0, 0.05) is 13.7 Å². The molecule has 0 aliphatic carbocycles. The van der Waals surface area contributed by atoms with Gasteiger partial charge in [-0.05, 0) is 37.6 Å². The summed E-state index contributed by atoms with van der Waals surface area (Å²) in [5.74, 6) is 0.907. The van der Waals surface area contributed by atoms with Crippen molar-refractivity contribution in [3.63, 3.8) is 0 Å². The van der Waals surface area contributed by atoms with Crippen molar-refractivity contribution in [2.45, 2.75) is 19.4 Å². The van der Waals surface area contributed by atoms with Crippen LogP contribution in [0.5, 0.6) is 5.75 Å². The van der Waals surface area contributed by atoms with Gasteiger partial charge in [-0.25, -0.2) is 0 Å². The molecule has 1 rings (SSSR count). The molecule has 1 N–H and O–H groups in total.